The topological polar surface area (TPSA) is 81.4 Å². The lowest BCUT2D eigenvalue weighted by Gasteiger charge is -2.13. The fraction of sp³-hybridized carbons (Fsp3) is 0.200. The smallest absolute Gasteiger partial charge is 0.237 e. The Kier molecular flexibility index (Phi) is 4.87. The molecule has 1 atom stereocenters. The highest BCUT2D eigenvalue weighted by Crippen LogP contribution is 2.27. The minimum absolute atomic E-state index is 0.116. The number of aryl methyl sites for hydroxylation is 1. The summed E-state index contributed by atoms with van der Waals surface area (Å²) in [5.41, 5.74) is 2.28. The van der Waals surface area contributed by atoms with Crippen LogP contribution < -0.4 is 10.1 Å². The van der Waals surface area contributed by atoms with Crippen LogP contribution in [0.5, 0.6) is 5.75 Å². The molecule has 2 aromatic carbocycles. The van der Waals surface area contributed by atoms with Crippen molar-refractivity contribution in [1.82, 2.24) is 19.6 Å². The number of benzene rings is 2. The number of hydrogen-bond donors (Lipinski definition) is 1. The van der Waals surface area contributed by atoms with Crippen molar-refractivity contribution in [2.45, 2.75) is 24.3 Å². The van der Waals surface area contributed by atoms with E-state index in [1.807, 2.05) is 38.1 Å². The Labute approximate surface area is 166 Å². The van der Waals surface area contributed by atoms with E-state index in [2.05, 4.69) is 15.4 Å². The molecule has 4 rings (SSSR count). The van der Waals surface area contributed by atoms with Crippen LogP contribution in [0.2, 0.25) is 0 Å². The number of methoxy groups -OCH3 is 1. The van der Waals surface area contributed by atoms with Crippen LogP contribution in [0.25, 0.3) is 16.6 Å². The number of ether oxygens (including phenoxy) is 1. The van der Waals surface area contributed by atoms with Crippen molar-refractivity contribution in [3.63, 3.8) is 0 Å². The highest BCUT2D eigenvalue weighted by Gasteiger charge is 2.19. The molecular formula is C20H19N5O2S. The van der Waals surface area contributed by atoms with Crippen LogP contribution in [0.1, 0.15) is 12.7 Å². The fourth-order valence-corrected chi connectivity index (χ4v) is 3.70. The Morgan fingerprint density at radius 2 is 1.89 bits per heavy atom. The summed E-state index contributed by atoms with van der Waals surface area (Å²) < 4.78 is 6.85. The highest BCUT2D eigenvalue weighted by molar-refractivity contribution is 8.00. The van der Waals surface area contributed by atoms with Gasteiger partial charge in [0.15, 0.2) is 10.8 Å². The van der Waals surface area contributed by atoms with E-state index in [4.69, 9.17) is 9.72 Å². The van der Waals surface area contributed by atoms with Crippen LogP contribution in [0.15, 0.2) is 53.7 Å². The largest absolute Gasteiger partial charge is 0.497 e. The first-order valence-corrected chi connectivity index (χ1v) is 9.67. The zero-order valence-corrected chi connectivity index (χ0v) is 16.5. The quantitative estimate of drug-likeness (QED) is 0.411. The molecule has 1 N–H and O–H groups in total. The summed E-state index contributed by atoms with van der Waals surface area (Å²) in [4.78, 5) is 21.9. The molecule has 1 amide bonds. The van der Waals surface area contributed by atoms with Gasteiger partial charge in [-0.15, -0.1) is 5.10 Å². The Morgan fingerprint density at radius 1 is 1.14 bits per heavy atom. The number of anilines is 1. The first-order valence-electron chi connectivity index (χ1n) is 8.79. The zero-order chi connectivity index (χ0) is 19.7. The van der Waals surface area contributed by atoms with E-state index in [0.717, 1.165) is 22.3 Å². The monoisotopic (exact) mass is 393 g/mol. The highest BCUT2D eigenvalue weighted by atomic mass is 32.2. The molecule has 0 saturated carbocycles. The molecule has 2 heterocycles. The summed E-state index contributed by atoms with van der Waals surface area (Å²) in [7, 11) is 1.61. The predicted octanol–water partition coefficient (Wildman–Crippen LogP) is 3.71. The van der Waals surface area contributed by atoms with Crippen LogP contribution in [-0.2, 0) is 4.79 Å². The van der Waals surface area contributed by atoms with Crippen molar-refractivity contribution in [2.24, 2.45) is 0 Å². The van der Waals surface area contributed by atoms with Gasteiger partial charge in [0.05, 0.1) is 17.9 Å². The van der Waals surface area contributed by atoms with Crippen molar-refractivity contribution in [3.8, 4) is 5.75 Å². The van der Waals surface area contributed by atoms with Gasteiger partial charge in [-0.25, -0.2) is 9.97 Å². The maximum Gasteiger partial charge on any atom is 0.237 e. The van der Waals surface area contributed by atoms with E-state index in [-0.39, 0.29) is 11.2 Å². The molecule has 0 spiro atoms. The lowest BCUT2D eigenvalue weighted by atomic mass is 10.2. The van der Waals surface area contributed by atoms with Gasteiger partial charge in [-0.05, 0) is 50.2 Å². The summed E-state index contributed by atoms with van der Waals surface area (Å²) in [5, 5.41) is 8.56. The van der Waals surface area contributed by atoms with Gasteiger partial charge in [-0.2, -0.15) is 4.52 Å². The molecule has 0 saturated heterocycles. The third-order valence-corrected chi connectivity index (χ3v) is 5.31. The summed E-state index contributed by atoms with van der Waals surface area (Å²) in [6.45, 7) is 3.69. The molecule has 0 aliphatic rings. The molecule has 0 aliphatic heterocycles. The summed E-state index contributed by atoms with van der Waals surface area (Å²) >= 11 is 1.35. The molecule has 0 radical (unpaired) electrons. The maximum atomic E-state index is 12.6. The summed E-state index contributed by atoms with van der Waals surface area (Å²) in [6, 6.07) is 15.0. The van der Waals surface area contributed by atoms with Crippen molar-refractivity contribution in [3.05, 3.63) is 54.4 Å². The minimum atomic E-state index is -0.372. The van der Waals surface area contributed by atoms with Crippen molar-refractivity contribution < 1.29 is 9.53 Å². The molecule has 142 valence electrons. The Bertz CT molecular complexity index is 1160. The van der Waals surface area contributed by atoms with Crippen molar-refractivity contribution in [2.75, 3.05) is 12.4 Å². The first kappa shape index (κ1) is 18.2. The molecule has 2 aromatic heterocycles. The van der Waals surface area contributed by atoms with Crippen LogP contribution in [0.3, 0.4) is 0 Å². The lowest BCUT2D eigenvalue weighted by molar-refractivity contribution is -0.115. The predicted molar refractivity (Wildman–Crippen MR) is 110 cm³/mol. The summed E-state index contributed by atoms with van der Waals surface area (Å²) in [5.74, 6) is 1.29. The van der Waals surface area contributed by atoms with E-state index in [1.165, 1.54) is 11.8 Å². The van der Waals surface area contributed by atoms with E-state index >= 15 is 0 Å². The molecule has 28 heavy (non-hydrogen) atoms. The zero-order valence-electron chi connectivity index (χ0n) is 15.7. The van der Waals surface area contributed by atoms with E-state index < -0.39 is 0 Å². The molecule has 7 nitrogen and oxygen atoms in total. The number of aromatic nitrogens is 4. The van der Waals surface area contributed by atoms with Gasteiger partial charge in [0.1, 0.15) is 11.6 Å². The average Bonchev–Trinajstić information content (AvgIpc) is 3.10. The minimum Gasteiger partial charge on any atom is -0.497 e. The van der Waals surface area contributed by atoms with Crippen LogP contribution in [-0.4, -0.2) is 37.8 Å². The van der Waals surface area contributed by atoms with Gasteiger partial charge >= 0.3 is 0 Å². The second kappa shape index (κ2) is 7.47. The van der Waals surface area contributed by atoms with E-state index in [1.54, 1.807) is 35.9 Å². The molecule has 0 bridgehead atoms. The van der Waals surface area contributed by atoms with Gasteiger partial charge in [0.25, 0.3) is 0 Å². The van der Waals surface area contributed by atoms with E-state index in [9.17, 15) is 4.79 Å². The second-order valence-corrected chi connectivity index (χ2v) is 7.59. The molecule has 0 aliphatic carbocycles. The third kappa shape index (κ3) is 3.50. The van der Waals surface area contributed by atoms with Gasteiger partial charge in [0.2, 0.25) is 5.91 Å². The molecule has 4 aromatic rings. The van der Waals surface area contributed by atoms with Crippen LogP contribution in [0.4, 0.5) is 5.69 Å². The number of fused-ring (bicyclic) bond motifs is 3. The second-order valence-electron chi connectivity index (χ2n) is 6.28. The normalized spacial score (nSPS) is 12.2. The SMILES string of the molecule is COc1ccc(NC(=O)C(C)Sc2nc3ccccc3c3nc(C)nn23)cc1. The molecule has 0 fully saturated rings. The lowest BCUT2D eigenvalue weighted by Crippen LogP contribution is -2.23. The molecule has 1 unspecified atom stereocenters. The average molecular weight is 393 g/mol. The Balaban J connectivity index is 1.60. The van der Waals surface area contributed by atoms with Crippen LogP contribution in [0, 0.1) is 6.92 Å². The number of rotatable bonds is 5. The number of para-hydroxylation sites is 1. The number of hydrogen-bond acceptors (Lipinski definition) is 6. The number of amides is 1. The third-order valence-electron chi connectivity index (χ3n) is 4.26. The van der Waals surface area contributed by atoms with Crippen molar-refractivity contribution >= 4 is 39.9 Å². The number of carbonyl (C=O) groups is 1. The van der Waals surface area contributed by atoms with Crippen LogP contribution >= 0.6 is 11.8 Å². The number of nitrogens with zero attached hydrogens (tertiary/aromatic N) is 4. The summed E-state index contributed by atoms with van der Waals surface area (Å²) in [6.07, 6.45) is 0. The first-order chi connectivity index (χ1) is 13.5. The number of nitrogens with one attached hydrogen (secondary N) is 1. The number of carbonyl (C=O) groups excluding carboxylic acids is 1. The molecule has 8 heteroatoms. The van der Waals surface area contributed by atoms with Gasteiger partial charge in [-0.3, -0.25) is 4.79 Å². The van der Waals surface area contributed by atoms with Gasteiger partial charge in [0, 0.05) is 11.1 Å². The van der Waals surface area contributed by atoms with E-state index in [0.29, 0.717) is 16.7 Å². The van der Waals surface area contributed by atoms with Gasteiger partial charge in [-0.1, -0.05) is 23.9 Å². The maximum absolute atomic E-state index is 12.6. The fourth-order valence-electron chi connectivity index (χ4n) is 2.84. The number of thioether (sulfide) groups is 1. The Morgan fingerprint density at radius 3 is 2.64 bits per heavy atom. The van der Waals surface area contributed by atoms with Gasteiger partial charge < -0.3 is 10.1 Å². The standard InChI is InChI=1S/C20H19N5O2S/c1-12(19(26)22-14-8-10-15(27-3)11-9-14)28-20-23-17-7-5-4-6-16(17)18-21-13(2)24-25(18)20/h4-12H,1-3H3,(H,22,26). The van der Waals surface area contributed by atoms with Crippen molar-refractivity contribution in [1.29, 1.82) is 0 Å². The molecular weight excluding hydrogens is 374 g/mol. The Hall–Kier alpha value is -3.13.